The van der Waals surface area contributed by atoms with Crippen LogP contribution in [0, 0.1) is 12.3 Å². The molecule has 0 aliphatic carbocycles. The van der Waals surface area contributed by atoms with Crippen LogP contribution in [-0.4, -0.2) is 24.1 Å². The third-order valence-corrected chi connectivity index (χ3v) is 3.40. The first-order valence-electron chi connectivity index (χ1n) is 6.40. The van der Waals surface area contributed by atoms with Crippen LogP contribution in [0.4, 0.5) is 5.69 Å². The molecule has 3 nitrogen and oxygen atoms in total. The van der Waals surface area contributed by atoms with E-state index >= 15 is 0 Å². The average Bonchev–Trinajstić information content (AvgIpc) is 2.89. The number of anilines is 1. The summed E-state index contributed by atoms with van der Waals surface area (Å²) in [5.41, 5.74) is 5.05. The minimum Gasteiger partial charge on any atom is -0.378 e. The molecule has 1 N–H and O–H groups in total. The van der Waals surface area contributed by atoms with E-state index in [1.54, 1.807) is 0 Å². The highest BCUT2D eigenvalue weighted by atomic mass is 15.1. The SMILES string of the molecule is C#Cc1c[nH]c2ncc(-c3ccc(N(C)C)cc3)cc12. The van der Waals surface area contributed by atoms with E-state index in [4.69, 9.17) is 6.42 Å². The fourth-order valence-corrected chi connectivity index (χ4v) is 2.23. The summed E-state index contributed by atoms with van der Waals surface area (Å²) in [7, 11) is 4.06. The minimum absolute atomic E-state index is 0.826. The summed E-state index contributed by atoms with van der Waals surface area (Å²) in [6, 6.07) is 10.5. The maximum Gasteiger partial charge on any atom is 0.138 e. The Balaban J connectivity index is 2.07. The van der Waals surface area contributed by atoms with Gasteiger partial charge in [0.05, 0.1) is 5.56 Å². The number of nitrogens with one attached hydrogen (secondary N) is 1. The van der Waals surface area contributed by atoms with Gasteiger partial charge in [-0.15, -0.1) is 6.42 Å². The van der Waals surface area contributed by atoms with Crippen molar-refractivity contribution in [1.29, 1.82) is 0 Å². The number of pyridine rings is 1. The fourth-order valence-electron chi connectivity index (χ4n) is 2.23. The second-order valence-corrected chi connectivity index (χ2v) is 4.91. The molecule has 0 saturated heterocycles. The second-order valence-electron chi connectivity index (χ2n) is 4.91. The molecule has 0 atom stereocenters. The van der Waals surface area contributed by atoms with E-state index in [-0.39, 0.29) is 0 Å². The summed E-state index contributed by atoms with van der Waals surface area (Å²) in [5.74, 6) is 2.67. The molecule has 0 spiro atoms. The molecule has 0 fully saturated rings. The summed E-state index contributed by atoms with van der Waals surface area (Å²) >= 11 is 0. The van der Waals surface area contributed by atoms with E-state index in [1.165, 1.54) is 5.69 Å². The van der Waals surface area contributed by atoms with Crippen molar-refractivity contribution in [3.05, 3.63) is 48.3 Å². The molecule has 0 saturated carbocycles. The number of rotatable bonds is 2. The number of hydrogen-bond donors (Lipinski definition) is 1. The van der Waals surface area contributed by atoms with Crippen molar-refractivity contribution >= 4 is 16.7 Å². The van der Waals surface area contributed by atoms with Crippen LogP contribution in [0.25, 0.3) is 22.2 Å². The number of hydrogen-bond acceptors (Lipinski definition) is 2. The van der Waals surface area contributed by atoms with Crippen LogP contribution < -0.4 is 4.90 Å². The molecule has 3 heteroatoms. The quantitative estimate of drug-likeness (QED) is 0.718. The van der Waals surface area contributed by atoms with Crippen molar-refractivity contribution in [3.8, 4) is 23.5 Å². The number of benzene rings is 1. The molecule has 98 valence electrons. The number of terminal acetylenes is 1. The Kier molecular flexibility index (Phi) is 2.92. The van der Waals surface area contributed by atoms with Gasteiger partial charge in [-0.1, -0.05) is 18.1 Å². The zero-order chi connectivity index (χ0) is 14.1. The maximum atomic E-state index is 5.50. The van der Waals surface area contributed by atoms with Crippen LogP contribution in [0.3, 0.4) is 0 Å². The molecule has 1 aromatic carbocycles. The van der Waals surface area contributed by atoms with Crippen molar-refractivity contribution in [2.24, 2.45) is 0 Å². The Hall–Kier alpha value is -2.73. The van der Waals surface area contributed by atoms with E-state index in [9.17, 15) is 0 Å². The molecule has 0 unspecified atom stereocenters. The largest absolute Gasteiger partial charge is 0.378 e. The van der Waals surface area contributed by atoms with E-state index in [0.29, 0.717) is 0 Å². The summed E-state index contributed by atoms with van der Waals surface area (Å²) in [4.78, 5) is 9.58. The van der Waals surface area contributed by atoms with Gasteiger partial charge < -0.3 is 9.88 Å². The lowest BCUT2D eigenvalue weighted by atomic mass is 10.1. The molecule has 0 radical (unpaired) electrons. The Morgan fingerprint density at radius 1 is 1.15 bits per heavy atom. The predicted octanol–water partition coefficient (Wildman–Crippen LogP) is 3.28. The Morgan fingerprint density at radius 3 is 2.55 bits per heavy atom. The lowest BCUT2D eigenvalue weighted by molar-refractivity contribution is 1.13. The third kappa shape index (κ3) is 2.02. The van der Waals surface area contributed by atoms with Gasteiger partial charge >= 0.3 is 0 Å². The van der Waals surface area contributed by atoms with Crippen LogP contribution in [-0.2, 0) is 0 Å². The third-order valence-electron chi connectivity index (χ3n) is 3.40. The molecule has 0 bridgehead atoms. The van der Waals surface area contributed by atoms with Gasteiger partial charge in [-0.25, -0.2) is 4.98 Å². The summed E-state index contributed by atoms with van der Waals surface area (Å²) in [6.45, 7) is 0. The highest BCUT2D eigenvalue weighted by molar-refractivity contribution is 5.87. The standard InChI is InChI=1S/C17H15N3/c1-4-12-10-18-17-16(12)9-14(11-19-17)13-5-7-15(8-6-13)20(2)3/h1,5-11H,2-3H3,(H,18,19). The predicted molar refractivity (Wildman–Crippen MR) is 83.8 cm³/mol. The van der Waals surface area contributed by atoms with Gasteiger partial charge in [-0.05, 0) is 23.8 Å². The van der Waals surface area contributed by atoms with Gasteiger partial charge in [0.25, 0.3) is 0 Å². The van der Waals surface area contributed by atoms with Gasteiger partial charge in [0.1, 0.15) is 5.65 Å². The van der Waals surface area contributed by atoms with Crippen molar-refractivity contribution in [1.82, 2.24) is 9.97 Å². The number of fused-ring (bicyclic) bond motifs is 1. The van der Waals surface area contributed by atoms with E-state index < -0.39 is 0 Å². The maximum absolute atomic E-state index is 5.50. The molecule has 3 aromatic rings. The lowest BCUT2D eigenvalue weighted by Gasteiger charge is -2.12. The van der Waals surface area contributed by atoms with Crippen LogP contribution >= 0.6 is 0 Å². The summed E-state index contributed by atoms with van der Waals surface area (Å²) in [5, 5.41) is 0.988. The number of aromatic amines is 1. The van der Waals surface area contributed by atoms with Gasteiger partial charge in [-0.2, -0.15) is 0 Å². The van der Waals surface area contributed by atoms with Crippen LogP contribution in [0.1, 0.15) is 5.56 Å². The van der Waals surface area contributed by atoms with E-state index in [1.807, 2.05) is 26.5 Å². The lowest BCUT2D eigenvalue weighted by Crippen LogP contribution is -2.07. The molecular weight excluding hydrogens is 246 g/mol. The zero-order valence-corrected chi connectivity index (χ0v) is 11.5. The summed E-state index contributed by atoms with van der Waals surface area (Å²) in [6.07, 6.45) is 9.18. The number of H-pyrrole nitrogens is 1. The van der Waals surface area contributed by atoms with Crippen molar-refractivity contribution in [2.45, 2.75) is 0 Å². The van der Waals surface area contributed by atoms with Gasteiger partial charge in [-0.3, -0.25) is 0 Å². The molecule has 0 aliphatic heterocycles. The fraction of sp³-hybridized carbons (Fsp3) is 0.118. The molecule has 2 heterocycles. The normalized spacial score (nSPS) is 10.4. The molecular formula is C17H15N3. The molecule has 20 heavy (non-hydrogen) atoms. The van der Waals surface area contributed by atoms with Crippen LogP contribution in [0.5, 0.6) is 0 Å². The molecule has 0 amide bonds. The van der Waals surface area contributed by atoms with Gasteiger partial charge in [0.2, 0.25) is 0 Å². The Bertz CT molecular complexity index is 789. The minimum atomic E-state index is 0.826. The Morgan fingerprint density at radius 2 is 1.90 bits per heavy atom. The highest BCUT2D eigenvalue weighted by Crippen LogP contribution is 2.25. The number of aromatic nitrogens is 2. The first-order chi connectivity index (χ1) is 9.69. The average molecular weight is 261 g/mol. The topological polar surface area (TPSA) is 31.9 Å². The van der Waals surface area contributed by atoms with Gasteiger partial charge in [0.15, 0.2) is 0 Å². The first kappa shape index (κ1) is 12.3. The zero-order valence-electron chi connectivity index (χ0n) is 11.5. The smallest absolute Gasteiger partial charge is 0.138 e. The molecule has 2 aromatic heterocycles. The van der Waals surface area contributed by atoms with Crippen LogP contribution in [0.15, 0.2) is 42.7 Å². The molecule has 0 aliphatic rings. The van der Waals surface area contributed by atoms with Crippen molar-refractivity contribution in [3.63, 3.8) is 0 Å². The second kappa shape index (κ2) is 4.75. The summed E-state index contributed by atoms with van der Waals surface area (Å²) < 4.78 is 0. The molecule has 3 rings (SSSR count). The van der Waals surface area contributed by atoms with Crippen LogP contribution in [0.2, 0.25) is 0 Å². The highest BCUT2D eigenvalue weighted by Gasteiger charge is 2.06. The van der Waals surface area contributed by atoms with Crippen molar-refractivity contribution in [2.75, 3.05) is 19.0 Å². The Labute approximate surface area is 118 Å². The van der Waals surface area contributed by atoms with E-state index in [2.05, 4.69) is 51.1 Å². The monoisotopic (exact) mass is 261 g/mol. The van der Waals surface area contributed by atoms with Crippen molar-refractivity contribution < 1.29 is 0 Å². The first-order valence-corrected chi connectivity index (χ1v) is 6.40. The number of nitrogens with zero attached hydrogens (tertiary/aromatic N) is 2. The van der Waals surface area contributed by atoms with E-state index in [0.717, 1.165) is 27.7 Å². The van der Waals surface area contributed by atoms with Gasteiger partial charge in [0, 0.05) is 43.1 Å².